The first-order valence-electron chi connectivity index (χ1n) is 7.72. The van der Waals surface area contributed by atoms with Gasteiger partial charge in [0.15, 0.2) is 0 Å². The van der Waals surface area contributed by atoms with Crippen molar-refractivity contribution < 1.29 is 0 Å². The maximum absolute atomic E-state index is 6.03. The first-order valence-corrected chi connectivity index (χ1v) is 9.52. The van der Waals surface area contributed by atoms with Crippen LogP contribution in [0.2, 0.25) is 10.0 Å². The molecule has 0 aliphatic rings. The zero-order valence-corrected chi connectivity index (χ0v) is 16.0. The molecule has 3 heteroatoms. The summed E-state index contributed by atoms with van der Waals surface area (Å²) in [4.78, 5) is 0. The van der Waals surface area contributed by atoms with Crippen molar-refractivity contribution in [1.29, 1.82) is 0 Å². The van der Waals surface area contributed by atoms with E-state index in [1.165, 1.54) is 16.7 Å². The average Bonchev–Trinajstić information content (AvgIpc) is 2.53. The Labute approximate surface area is 149 Å². The standard InChI is InChI=1S/C17H18Cl2S.C2H6/c1-3-17(16-9-8-15(19)10-12(16)2)20-11-13-4-6-14(18)7-5-13;1-2/h4-10,17H,3,11H2,1-2H3;1-2H3. The predicted octanol–water partition coefficient (Wildman–Crippen LogP) is 7.71. The Hall–Kier alpha value is -0.630. The lowest BCUT2D eigenvalue weighted by Crippen LogP contribution is -1.96. The third-order valence-electron chi connectivity index (χ3n) is 3.31. The van der Waals surface area contributed by atoms with Crippen LogP contribution >= 0.6 is 35.0 Å². The fraction of sp³-hybridized carbons (Fsp3) is 0.368. The van der Waals surface area contributed by atoms with Crippen LogP contribution in [0, 0.1) is 6.92 Å². The molecule has 0 aliphatic heterocycles. The number of thioether (sulfide) groups is 1. The minimum absolute atomic E-state index is 0.503. The minimum Gasteiger partial charge on any atom is -0.149 e. The summed E-state index contributed by atoms with van der Waals surface area (Å²) in [5.74, 6) is 0.998. The maximum Gasteiger partial charge on any atom is 0.0408 e. The van der Waals surface area contributed by atoms with Crippen LogP contribution < -0.4 is 0 Å². The van der Waals surface area contributed by atoms with Gasteiger partial charge < -0.3 is 0 Å². The third-order valence-corrected chi connectivity index (χ3v) is 5.29. The molecule has 0 saturated carbocycles. The highest BCUT2D eigenvalue weighted by atomic mass is 35.5. The van der Waals surface area contributed by atoms with Gasteiger partial charge in [-0.2, -0.15) is 0 Å². The molecule has 0 heterocycles. The first-order chi connectivity index (χ1) is 10.6. The number of halogens is 2. The van der Waals surface area contributed by atoms with Gasteiger partial charge in [-0.05, 0) is 54.3 Å². The molecule has 0 spiro atoms. The SMILES string of the molecule is CC.CCC(SCc1ccc(Cl)cc1)c1ccc(Cl)cc1C. The van der Waals surface area contributed by atoms with Crippen LogP contribution in [0.4, 0.5) is 0 Å². The van der Waals surface area contributed by atoms with Crippen molar-refractivity contribution in [3.8, 4) is 0 Å². The minimum atomic E-state index is 0.503. The number of hydrogen-bond acceptors (Lipinski definition) is 1. The molecule has 0 aliphatic carbocycles. The Morgan fingerprint density at radius 2 is 1.55 bits per heavy atom. The maximum atomic E-state index is 6.03. The molecule has 2 aromatic carbocycles. The number of hydrogen-bond donors (Lipinski definition) is 0. The van der Waals surface area contributed by atoms with Crippen molar-refractivity contribution in [2.45, 2.75) is 45.1 Å². The zero-order valence-electron chi connectivity index (χ0n) is 13.7. The smallest absolute Gasteiger partial charge is 0.0408 e. The van der Waals surface area contributed by atoms with E-state index in [1.807, 2.05) is 49.9 Å². The van der Waals surface area contributed by atoms with Crippen LogP contribution in [0.25, 0.3) is 0 Å². The van der Waals surface area contributed by atoms with Gasteiger partial charge in [-0.25, -0.2) is 0 Å². The van der Waals surface area contributed by atoms with E-state index < -0.39 is 0 Å². The summed E-state index contributed by atoms with van der Waals surface area (Å²) in [5, 5.41) is 2.10. The lowest BCUT2D eigenvalue weighted by atomic mass is 10.0. The van der Waals surface area contributed by atoms with Crippen molar-refractivity contribution in [3.05, 3.63) is 69.2 Å². The lowest BCUT2D eigenvalue weighted by molar-refractivity contribution is 0.886. The largest absolute Gasteiger partial charge is 0.149 e. The lowest BCUT2D eigenvalue weighted by Gasteiger charge is -2.17. The van der Waals surface area contributed by atoms with Crippen LogP contribution in [-0.2, 0) is 5.75 Å². The van der Waals surface area contributed by atoms with Gasteiger partial charge in [-0.3, -0.25) is 0 Å². The Balaban J connectivity index is 0.00000116. The molecule has 0 saturated heterocycles. The van der Waals surface area contributed by atoms with E-state index in [4.69, 9.17) is 23.2 Å². The fourth-order valence-electron chi connectivity index (χ4n) is 2.21. The van der Waals surface area contributed by atoms with Gasteiger partial charge in [-0.15, -0.1) is 11.8 Å². The first kappa shape index (κ1) is 19.4. The number of rotatable bonds is 5. The Kier molecular flexibility index (Phi) is 9.00. The summed E-state index contributed by atoms with van der Waals surface area (Å²) in [6, 6.07) is 14.3. The summed E-state index contributed by atoms with van der Waals surface area (Å²) in [6.45, 7) is 8.36. The molecule has 1 unspecified atom stereocenters. The van der Waals surface area contributed by atoms with E-state index in [0.717, 1.165) is 22.2 Å². The van der Waals surface area contributed by atoms with Crippen molar-refractivity contribution in [2.75, 3.05) is 0 Å². The molecule has 0 N–H and O–H groups in total. The van der Waals surface area contributed by atoms with Crippen molar-refractivity contribution in [3.63, 3.8) is 0 Å². The second-order valence-corrected chi connectivity index (χ2v) is 6.90. The molecular formula is C19H24Cl2S. The Bertz CT molecular complexity index is 564. The Morgan fingerprint density at radius 1 is 0.955 bits per heavy atom. The summed E-state index contributed by atoms with van der Waals surface area (Å²) in [6.07, 6.45) is 1.11. The van der Waals surface area contributed by atoms with Crippen LogP contribution in [0.1, 0.15) is 49.1 Å². The van der Waals surface area contributed by atoms with Crippen LogP contribution in [-0.4, -0.2) is 0 Å². The average molecular weight is 355 g/mol. The van der Waals surface area contributed by atoms with Crippen LogP contribution in [0.15, 0.2) is 42.5 Å². The summed E-state index contributed by atoms with van der Waals surface area (Å²) >= 11 is 13.9. The van der Waals surface area contributed by atoms with Crippen LogP contribution in [0.3, 0.4) is 0 Å². The van der Waals surface area contributed by atoms with E-state index in [1.54, 1.807) is 0 Å². The molecule has 0 amide bonds. The van der Waals surface area contributed by atoms with E-state index >= 15 is 0 Å². The second kappa shape index (κ2) is 10.2. The van der Waals surface area contributed by atoms with Crippen molar-refractivity contribution in [1.82, 2.24) is 0 Å². The second-order valence-electron chi connectivity index (χ2n) is 4.84. The van der Waals surface area contributed by atoms with Crippen molar-refractivity contribution >= 4 is 35.0 Å². The number of aryl methyl sites for hydroxylation is 1. The van der Waals surface area contributed by atoms with Gasteiger partial charge in [0.25, 0.3) is 0 Å². The summed E-state index contributed by atoms with van der Waals surface area (Å²) < 4.78 is 0. The molecule has 2 aromatic rings. The molecule has 0 nitrogen and oxygen atoms in total. The molecule has 1 atom stereocenters. The monoisotopic (exact) mass is 354 g/mol. The van der Waals surface area contributed by atoms with Gasteiger partial charge in [0.05, 0.1) is 0 Å². The zero-order chi connectivity index (χ0) is 16.5. The summed E-state index contributed by atoms with van der Waals surface area (Å²) in [7, 11) is 0. The van der Waals surface area contributed by atoms with Gasteiger partial charge in [0, 0.05) is 21.0 Å². The normalized spacial score (nSPS) is 11.5. The fourth-order valence-corrected chi connectivity index (χ4v) is 3.82. The van der Waals surface area contributed by atoms with Gasteiger partial charge >= 0.3 is 0 Å². The van der Waals surface area contributed by atoms with Gasteiger partial charge in [-0.1, -0.05) is 62.2 Å². The quantitative estimate of drug-likeness (QED) is 0.529. The molecule has 2 rings (SSSR count). The topological polar surface area (TPSA) is 0 Å². The number of benzene rings is 2. The molecular weight excluding hydrogens is 331 g/mol. The summed E-state index contributed by atoms with van der Waals surface area (Å²) in [5.41, 5.74) is 3.97. The van der Waals surface area contributed by atoms with E-state index in [9.17, 15) is 0 Å². The van der Waals surface area contributed by atoms with Gasteiger partial charge in [0.2, 0.25) is 0 Å². The Morgan fingerprint density at radius 3 is 2.09 bits per heavy atom. The third kappa shape index (κ3) is 5.87. The molecule has 0 fully saturated rings. The highest BCUT2D eigenvalue weighted by Crippen LogP contribution is 2.36. The molecule has 120 valence electrons. The van der Waals surface area contributed by atoms with Crippen molar-refractivity contribution in [2.24, 2.45) is 0 Å². The highest BCUT2D eigenvalue weighted by molar-refractivity contribution is 7.98. The molecule has 0 aromatic heterocycles. The van der Waals surface area contributed by atoms with Gasteiger partial charge in [0.1, 0.15) is 0 Å². The highest BCUT2D eigenvalue weighted by Gasteiger charge is 2.12. The molecule has 0 bridgehead atoms. The molecule has 0 radical (unpaired) electrons. The van der Waals surface area contributed by atoms with E-state index in [2.05, 4.69) is 32.0 Å². The predicted molar refractivity (Wildman–Crippen MR) is 103 cm³/mol. The van der Waals surface area contributed by atoms with Crippen LogP contribution in [0.5, 0.6) is 0 Å². The van der Waals surface area contributed by atoms with E-state index in [-0.39, 0.29) is 0 Å². The molecule has 22 heavy (non-hydrogen) atoms. The van der Waals surface area contributed by atoms with E-state index in [0.29, 0.717) is 5.25 Å².